The molecule has 1 fully saturated rings. The van der Waals surface area contributed by atoms with Gasteiger partial charge in [0, 0.05) is 19.1 Å². The average Bonchev–Trinajstić information content (AvgIpc) is 2.60. The van der Waals surface area contributed by atoms with Crippen molar-refractivity contribution in [3.63, 3.8) is 0 Å². The quantitative estimate of drug-likeness (QED) is 0.606. The highest BCUT2D eigenvalue weighted by Crippen LogP contribution is 2.12. The Morgan fingerprint density at radius 3 is 2.86 bits per heavy atom. The normalized spacial score (nSPS) is 23.0. The second-order valence-corrected chi connectivity index (χ2v) is 4.01. The standard InChI is InChI=1S/C10H20N2O2/c1-11-6-4-9(8-11)12(2)7-5-10(13)14-3/h9H,4-8H2,1-3H3. The van der Waals surface area contributed by atoms with Crippen molar-refractivity contribution in [2.45, 2.75) is 18.9 Å². The van der Waals surface area contributed by atoms with Gasteiger partial charge in [-0.25, -0.2) is 0 Å². The predicted molar refractivity (Wildman–Crippen MR) is 55.2 cm³/mol. The molecule has 4 nitrogen and oxygen atoms in total. The van der Waals surface area contributed by atoms with Crippen molar-refractivity contribution in [3.05, 3.63) is 0 Å². The van der Waals surface area contributed by atoms with Gasteiger partial charge in [-0.15, -0.1) is 0 Å². The van der Waals surface area contributed by atoms with Crippen LogP contribution in [0, 0.1) is 0 Å². The number of methoxy groups -OCH3 is 1. The summed E-state index contributed by atoms with van der Waals surface area (Å²) in [7, 11) is 5.65. The minimum absolute atomic E-state index is 0.122. The highest BCUT2D eigenvalue weighted by molar-refractivity contribution is 5.69. The molecular weight excluding hydrogens is 180 g/mol. The Labute approximate surface area is 85.8 Å². The number of likely N-dealkylation sites (tertiary alicyclic amines) is 1. The fourth-order valence-electron chi connectivity index (χ4n) is 1.82. The van der Waals surface area contributed by atoms with E-state index in [9.17, 15) is 4.79 Å². The Morgan fingerprint density at radius 1 is 1.64 bits per heavy atom. The number of likely N-dealkylation sites (N-methyl/N-ethyl adjacent to an activating group) is 2. The van der Waals surface area contributed by atoms with Crippen LogP contribution in [0.25, 0.3) is 0 Å². The Bertz CT molecular complexity index is 197. The van der Waals surface area contributed by atoms with E-state index in [2.05, 4.69) is 28.6 Å². The molecule has 14 heavy (non-hydrogen) atoms. The van der Waals surface area contributed by atoms with Crippen LogP contribution in [0.5, 0.6) is 0 Å². The molecule has 0 aliphatic carbocycles. The fourth-order valence-corrected chi connectivity index (χ4v) is 1.82. The molecular formula is C10H20N2O2. The van der Waals surface area contributed by atoms with E-state index >= 15 is 0 Å². The first-order valence-corrected chi connectivity index (χ1v) is 5.09. The predicted octanol–water partition coefficient (Wildman–Crippen LogP) is 0.185. The van der Waals surface area contributed by atoms with Gasteiger partial charge in [-0.3, -0.25) is 4.79 Å². The van der Waals surface area contributed by atoms with Crippen molar-refractivity contribution in [2.24, 2.45) is 0 Å². The first-order valence-electron chi connectivity index (χ1n) is 5.09. The molecule has 1 unspecified atom stereocenters. The van der Waals surface area contributed by atoms with Crippen molar-refractivity contribution >= 4 is 5.97 Å². The molecule has 1 heterocycles. The Hall–Kier alpha value is -0.610. The van der Waals surface area contributed by atoms with Crippen molar-refractivity contribution in [1.29, 1.82) is 0 Å². The second kappa shape index (κ2) is 5.32. The second-order valence-electron chi connectivity index (χ2n) is 4.01. The highest BCUT2D eigenvalue weighted by Gasteiger charge is 2.23. The van der Waals surface area contributed by atoms with Gasteiger partial charge in [0.15, 0.2) is 0 Å². The maximum absolute atomic E-state index is 10.9. The topological polar surface area (TPSA) is 32.8 Å². The monoisotopic (exact) mass is 200 g/mol. The third-order valence-electron chi connectivity index (χ3n) is 2.89. The van der Waals surface area contributed by atoms with Crippen molar-refractivity contribution in [1.82, 2.24) is 9.80 Å². The summed E-state index contributed by atoms with van der Waals surface area (Å²) < 4.78 is 4.61. The van der Waals surface area contributed by atoms with E-state index in [1.807, 2.05) is 0 Å². The third-order valence-corrected chi connectivity index (χ3v) is 2.89. The van der Waals surface area contributed by atoms with Crippen LogP contribution in [-0.4, -0.2) is 62.7 Å². The lowest BCUT2D eigenvalue weighted by molar-refractivity contribution is -0.141. The highest BCUT2D eigenvalue weighted by atomic mass is 16.5. The number of hydrogen-bond donors (Lipinski definition) is 0. The first-order chi connectivity index (χ1) is 6.63. The van der Waals surface area contributed by atoms with E-state index in [1.54, 1.807) is 0 Å². The number of rotatable bonds is 4. The number of carbonyl (C=O) groups excluding carboxylic acids is 1. The van der Waals surface area contributed by atoms with Gasteiger partial charge < -0.3 is 14.5 Å². The van der Waals surface area contributed by atoms with Crippen LogP contribution < -0.4 is 0 Å². The molecule has 0 aromatic carbocycles. The number of hydrogen-bond acceptors (Lipinski definition) is 4. The van der Waals surface area contributed by atoms with E-state index in [-0.39, 0.29) is 5.97 Å². The first kappa shape index (κ1) is 11.5. The molecule has 0 radical (unpaired) electrons. The van der Waals surface area contributed by atoms with Crippen molar-refractivity contribution in [3.8, 4) is 0 Å². The van der Waals surface area contributed by atoms with Crippen LogP contribution in [0.1, 0.15) is 12.8 Å². The molecule has 1 atom stereocenters. The van der Waals surface area contributed by atoms with Crippen molar-refractivity contribution in [2.75, 3.05) is 40.8 Å². The van der Waals surface area contributed by atoms with E-state index in [0.29, 0.717) is 12.5 Å². The van der Waals surface area contributed by atoms with Crippen LogP contribution >= 0.6 is 0 Å². The molecule has 0 aromatic heterocycles. The van der Waals surface area contributed by atoms with E-state index in [4.69, 9.17) is 0 Å². The summed E-state index contributed by atoms with van der Waals surface area (Å²) in [5.74, 6) is -0.122. The summed E-state index contributed by atoms with van der Waals surface area (Å²) in [5.41, 5.74) is 0. The summed E-state index contributed by atoms with van der Waals surface area (Å²) in [6.45, 7) is 3.07. The van der Waals surface area contributed by atoms with E-state index in [0.717, 1.165) is 19.6 Å². The smallest absolute Gasteiger partial charge is 0.306 e. The summed E-state index contributed by atoms with van der Waals surface area (Å²) in [4.78, 5) is 15.5. The number of carbonyl (C=O) groups is 1. The molecule has 0 saturated carbocycles. The molecule has 4 heteroatoms. The van der Waals surface area contributed by atoms with Gasteiger partial charge in [0.05, 0.1) is 13.5 Å². The maximum atomic E-state index is 10.9. The zero-order chi connectivity index (χ0) is 10.6. The van der Waals surface area contributed by atoms with Gasteiger partial charge in [-0.1, -0.05) is 0 Å². The van der Waals surface area contributed by atoms with Gasteiger partial charge in [-0.05, 0) is 27.1 Å². The molecule has 1 aliphatic heterocycles. The average molecular weight is 200 g/mol. The number of esters is 1. The molecule has 0 bridgehead atoms. The van der Waals surface area contributed by atoms with Crippen LogP contribution in [0.3, 0.4) is 0 Å². The summed E-state index contributed by atoms with van der Waals surface area (Å²) in [5, 5.41) is 0. The third kappa shape index (κ3) is 3.27. The van der Waals surface area contributed by atoms with Crippen molar-refractivity contribution < 1.29 is 9.53 Å². The molecule has 1 rings (SSSR count). The van der Waals surface area contributed by atoms with Gasteiger partial charge in [0.2, 0.25) is 0 Å². The number of ether oxygens (including phenoxy) is 1. The largest absolute Gasteiger partial charge is 0.469 e. The molecule has 0 N–H and O–H groups in total. The SMILES string of the molecule is COC(=O)CCN(C)C1CCN(C)C1. The van der Waals surface area contributed by atoms with Crippen LogP contribution in [0.2, 0.25) is 0 Å². The number of nitrogens with zero attached hydrogens (tertiary/aromatic N) is 2. The lowest BCUT2D eigenvalue weighted by Gasteiger charge is -2.23. The van der Waals surface area contributed by atoms with Crippen LogP contribution in [0.4, 0.5) is 0 Å². The molecule has 0 spiro atoms. The zero-order valence-corrected chi connectivity index (χ0v) is 9.32. The van der Waals surface area contributed by atoms with Crippen LogP contribution in [-0.2, 0) is 9.53 Å². The maximum Gasteiger partial charge on any atom is 0.306 e. The lowest BCUT2D eigenvalue weighted by atomic mass is 10.2. The Balaban J connectivity index is 2.21. The Kier molecular flexibility index (Phi) is 4.35. The van der Waals surface area contributed by atoms with E-state index in [1.165, 1.54) is 13.5 Å². The minimum atomic E-state index is -0.122. The molecule has 1 aliphatic rings. The Morgan fingerprint density at radius 2 is 2.36 bits per heavy atom. The molecule has 0 amide bonds. The summed E-state index contributed by atoms with van der Waals surface area (Å²) >= 11 is 0. The van der Waals surface area contributed by atoms with Gasteiger partial charge >= 0.3 is 5.97 Å². The molecule has 0 aromatic rings. The minimum Gasteiger partial charge on any atom is -0.469 e. The van der Waals surface area contributed by atoms with Gasteiger partial charge in [0.1, 0.15) is 0 Å². The van der Waals surface area contributed by atoms with Gasteiger partial charge in [0.25, 0.3) is 0 Å². The molecule has 82 valence electrons. The van der Waals surface area contributed by atoms with E-state index < -0.39 is 0 Å². The lowest BCUT2D eigenvalue weighted by Crippen LogP contribution is -2.35. The fraction of sp³-hybridized carbons (Fsp3) is 0.900. The molecule has 1 saturated heterocycles. The van der Waals surface area contributed by atoms with Crippen LogP contribution in [0.15, 0.2) is 0 Å². The zero-order valence-electron chi connectivity index (χ0n) is 9.32. The summed E-state index contributed by atoms with van der Waals surface area (Å²) in [6.07, 6.45) is 1.70. The van der Waals surface area contributed by atoms with Gasteiger partial charge in [-0.2, -0.15) is 0 Å². The summed E-state index contributed by atoms with van der Waals surface area (Å²) in [6, 6.07) is 0.602.